The molecule has 1 unspecified atom stereocenters. The number of fused-ring (bicyclic) bond motifs is 1. The quantitative estimate of drug-likeness (QED) is 0.282. The van der Waals surface area contributed by atoms with Crippen molar-refractivity contribution in [1.82, 2.24) is 0 Å². The molecule has 0 aromatic heterocycles. The van der Waals surface area contributed by atoms with Gasteiger partial charge in [0.15, 0.2) is 5.78 Å². The second kappa shape index (κ2) is 10.5. The maximum Gasteiger partial charge on any atom is 0.311 e. The minimum atomic E-state index is -0.899. The summed E-state index contributed by atoms with van der Waals surface area (Å²) in [6.07, 6.45) is 3.69. The fraction of sp³-hybridized carbons (Fsp3) is 0.259. The zero-order valence-electron chi connectivity index (χ0n) is 18.1. The number of aliphatic carboxylic acids is 1. The third-order valence-corrected chi connectivity index (χ3v) is 6.06. The Labute approximate surface area is 197 Å². The third kappa shape index (κ3) is 5.74. The first kappa shape index (κ1) is 22.9. The molecule has 1 aliphatic rings. The molecule has 0 amide bonds. The summed E-state index contributed by atoms with van der Waals surface area (Å²) in [7, 11) is 0. The van der Waals surface area contributed by atoms with Crippen molar-refractivity contribution >= 4 is 23.4 Å². The number of rotatable bonds is 9. The molecule has 6 heteroatoms. The van der Waals surface area contributed by atoms with Crippen LogP contribution in [0.5, 0.6) is 17.2 Å². The summed E-state index contributed by atoms with van der Waals surface area (Å²) in [4.78, 5) is 24.0. The minimum Gasteiger partial charge on any atom is -0.493 e. The zero-order chi connectivity index (χ0) is 23.2. The van der Waals surface area contributed by atoms with Crippen LogP contribution in [0.4, 0.5) is 0 Å². The number of carbonyl (C=O) groups is 2. The van der Waals surface area contributed by atoms with Gasteiger partial charge in [-0.1, -0.05) is 41.9 Å². The maximum atomic E-state index is 12.5. The Hall–Kier alpha value is -3.31. The highest BCUT2D eigenvalue weighted by Crippen LogP contribution is 2.41. The summed E-state index contributed by atoms with van der Waals surface area (Å²) in [6, 6.07) is 20.4. The van der Waals surface area contributed by atoms with E-state index in [0.717, 1.165) is 19.3 Å². The van der Waals surface area contributed by atoms with Crippen LogP contribution in [0.25, 0.3) is 0 Å². The Bertz CT molecular complexity index is 1130. The molecule has 0 saturated heterocycles. The molecule has 170 valence electrons. The summed E-state index contributed by atoms with van der Waals surface area (Å²) in [5.74, 6) is -0.0581. The predicted molar refractivity (Wildman–Crippen MR) is 127 cm³/mol. The number of halogens is 1. The lowest BCUT2D eigenvalue weighted by molar-refractivity contribution is -0.139. The number of benzene rings is 3. The molecule has 0 radical (unpaired) electrons. The molecule has 5 nitrogen and oxygen atoms in total. The summed E-state index contributed by atoms with van der Waals surface area (Å²) < 4.78 is 11.5. The lowest BCUT2D eigenvalue weighted by Crippen LogP contribution is -2.20. The van der Waals surface area contributed by atoms with Crippen molar-refractivity contribution in [2.75, 3.05) is 6.61 Å². The van der Waals surface area contributed by atoms with Crippen molar-refractivity contribution < 1.29 is 24.2 Å². The van der Waals surface area contributed by atoms with Crippen molar-refractivity contribution in [2.45, 2.75) is 38.0 Å². The van der Waals surface area contributed by atoms with Crippen LogP contribution in [-0.2, 0) is 11.2 Å². The number of unbranched alkanes of at least 4 members (excludes halogenated alkanes) is 1. The number of Topliss-reactive ketones (excluding diaryl/α,β-unsaturated/α-hetero) is 1. The van der Waals surface area contributed by atoms with Gasteiger partial charge in [0.25, 0.3) is 0 Å². The second-order valence-corrected chi connectivity index (χ2v) is 8.50. The van der Waals surface area contributed by atoms with Gasteiger partial charge >= 0.3 is 5.97 Å². The Balaban J connectivity index is 1.35. The SMILES string of the molecule is O=C(CCCCc1ccccc1)c1ccc(Oc2cc3c(cc2Cl)C(C(=O)O)CCO3)cc1. The number of carbonyl (C=O) groups excluding carboxylic acids is 1. The van der Waals surface area contributed by atoms with Gasteiger partial charge < -0.3 is 14.6 Å². The van der Waals surface area contributed by atoms with Crippen molar-refractivity contribution in [3.05, 3.63) is 88.4 Å². The van der Waals surface area contributed by atoms with Crippen LogP contribution in [0.1, 0.15) is 53.1 Å². The van der Waals surface area contributed by atoms with Crippen LogP contribution in [-0.4, -0.2) is 23.5 Å². The number of ether oxygens (including phenoxy) is 2. The minimum absolute atomic E-state index is 0.106. The van der Waals surface area contributed by atoms with Gasteiger partial charge in [-0.25, -0.2) is 0 Å². The van der Waals surface area contributed by atoms with Crippen LogP contribution >= 0.6 is 11.6 Å². The second-order valence-electron chi connectivity index (χ2n) is 8.09. The summed E-state index contributed by atoms with van der Waals surface area (Å²) >= 11 is 6.35. The van der Waals surface area contributed by atoms with E-state index in [1.54, 1.807) is 36.4 Å². The van der Waals surface area contributed by atoms with Gasteiger partial charge in [0.1, 0.15) is 17.2 Å². The van der Waals surface area contributed by atoms with Crippen LogP contribution in [0.3, 0.4) is 0 Å². The molecule has 1 atom stereocenters. The molecular formula is C27H25ClO5. The Morgan fingerprint density at radius 2 is 1.79 bits per heavy atom. The molecule has 33 heavy (non-hydrogen) atoms. The monoisotopic (exact) mass is 464 g/mol. The van der Waals surface area contributed by atoms with Crippen molar-refractivity contribution in [2.24, 2.45) is 0 Å². The van der Waals surface area contributed by atoms with E-state index in [4.69, 9.17) is 21.1 Å². The number of hydrogen-bond acceptors (Lipinski definition) is 4. The van der Waals surface area contributed by atoms with E-state index in [0.29, 0.717) is 52.8 Å². The van der Waals surface area contributed by atoms with Gasteiger partial charge in [-0.2, -0.15) is 0 Å². The van der Waals surface area contributed by atoms with E-state index in [-0.39, 0.29) is 5.78 Å². The van der Waals surface area contributed by atoms with Crippen LogP contribution < -0.4 is 9.47 Å². The molecule has 0 spiro atoms. The molecule has 0 bridgehead atoms. The Kier molecular flexibility index (Phi) is 7.30. The molecule has 1 heterocycles. The van der Waals surface area contributed by atoms with Gasteiger partial charge in [-0.15, -0.1) is 0 Å². The Morgan fingerprint density at radius 3 is 2.52 bits per heavy atom. The van der Waals surface area contributed by atoms with Crippen molar-refractivity contribution in [3.63, 3.8) is 0 Å². The van der Waals surface area contributed by atoms with E-state index in [2.05, 4.69) is 12.1 Å². The van der Waals surface area contributed by atoms with E-state index in [9.17, 15) is 14.7 Å². The van der Waals surface area contributed by atoms with Crippen molar-refractivity contribution in [3.8, 4) is 17.2 Å². The highest BCUT2D eigenvalue weighted by Gasteiger charge is 2.29. The van der Waals surface area contributed by atoms with Gasteiger partial charge in [0.2, 0.25) is 0 Å². The summed E-state index contributed by atoms with van der Waals surface area (Å²) in [6.45, 7) is 0.327. The summed E-state index contributed by atoms with van der Waals surface area (Å²) in [5.41, 5.74) is 2.49. The lowest BCUT2D eigenvalue weighted by atomic mass is 9.93. The lowest BCUT2D eigenvalue weighted by Gasteiger charge is -2.24. The smallest absolute Gasteiger partial charge is 0.311 e. The highest BCUT2D eigenvalue weighted by molar-refractivity contribution is 6.32. The van der Waals surface area contributed by atoms with E-state index in [1.807, 2.05) is 18.2 Å². The molecule has 4 rings (SSSR count). The van der Waals surface area contributed by atoms with Crippen molar-refractivity contribution in [1.29, 1.82) is 0 Å². The first-order valence-electron chi connectivity index (χ1n) is 11.1. The molecule has 0 fully saturated rings. The maximum absolute atomic E-state index is 12.5. The fourth-order valence-corrected chi connectivity index (χ4v) is 4.17. The van der Waals surface area contributed by atoms with Gasteiger partial charge in [-0.3, -0.25) is 9.59 Å². The third-order valence-electron chi connectivity index (χ3n) is 5.77. The predicted octanol–water partition coefficient (Wildman–Crippen LogP) is 6.68. The van der Waals surface area contributed by atoms with Gasteiger partial charge in [0.05, 0.1) is 17.5 Å². The molecule has 0 saturated carbocycles. The topological polar surface area (TPSA) is 72.8 Å². The Morgan fingerprint density at radius 1 is 1.03 bits per heavy atom. The van der Waals surface area contributed by atoms with Crippen LogP contribution in [0, 0.1) is 0 Å². The standard InChI is InChI=1S/C27H25ClO5/c28-23-16-22-21(27(30)31)14-15-32-25(22)17-26(23)33-20-12-10-19(11-13-20)24(29)9-5-4-8-18-6-2-1-3-7-18/h1-3,6-7,10-13,16-17,21H,4-5,8-9,14-15H2,(H,30,31). The number of carboxylic acid groups (broad SMARTS) is 1. The van der Waals surface area contributed by atoms with E-state index >= 15 is 0 Å². The average molecular weight is 465 g/mol. The zero-order valence-corrected chi connectivity index (χ0v) is 18.9. The molecule has 1 aliphatic heterocycles. The largest absolute Gasteiger partial charge is 0.493 e. The molecule has 0 aliphatic carbocycles. The summed E-state index contributed by atoms with van der Waals surface area (Å²) in [5, 5.41) is 9.72. The van der Waals surface area contributed by atoms with Crippen LogP contribution in [0.2, 0.25) is 5.02 Å². The number of carboxylic acids is 1. The first-order valence-corrected chi connectivity index (χ1v) is 11.4. The molecule has 1 N–H and O–H groups in total. The first-order chi connectivity index (χ1) is 16.0. The number of hydrogen-bond donors (Lipinski definition) is 1. The fourth-order valence-electron chi connectivity index (χ4n) is 3.96. The number of aryl methyl sites for hydroxylation is 1. The highest BCUT2D eigenvalue weighted by atomic mass is 35.5. The number of ketones is 1. The van der Waals surface area contributed by atoms with Gasteiger partial charge in [-0.05, 0) is 61.6 Å². The average Bonchev–Trinajstić information content (AvgIpc) is 2.83. The van der Waals surface area contributed by atoms with E-state index in [1.165, 1.54) is 5.56 Å². The molecular weight excluding hydrogens is 440 g/mol. The van der Waals surface area contributed by atoms with Crippen LogP contribution in [0.15, 0.2) is 66.7 Å². The molecule has 3 aromatic carbocycles. The molecule has 3 aromatic rings. The normalized spacial score (nSPS) is 14.8. The van der Waals surface area contributed by atoms with Gasteiger partial charge in [0, 0.05) is 23.6 Å². The van der Waals surface area contributed by atoms with E-state index < -0.39 is 11.9 Å².